The summed E-state index contributed by atoms with van der Waals surface area (Å²) in [5.74, 6) is -0.549. The van der Waals surface area contributed by atoms with Crippen LogP contribution < -0.4 is 0 Å². The highest BCUT2D eigenvalue weighted by atomic mass is 16.6. The summed E-state index contributed by atoms with van der Waals surface area (Å²) in [6.45, 7) is 12.7. The van der Waals surface area contributed by atoms with E-state index >= 15 is 0 Å². The first-order valence-electron chi connectivity index (χ1n) is 5.63. The van der Waals surface area contributed by atoms with Gasteiger partial charge >= 0.3 is 5.97 Å². The molecule has 17 heavy (non-hydrogen) atoms. The van der Waals surface area contributed by atoms with Gasteiger partial charge in [-0.2, -0.15) is 0 Å². The number of carbonyl (C=O) groups is 2. The lowest BCUT2D eigenvalue weighted by Crippen LogP contribution is -2.37. The number of hydrogen-bond acceptors (Lipinski definition) is 3. The molecule has 0 heterocycles. The molecule has 3 nitrogen and oxygen atoms in total. The van der Waals surface area contributed by atoms with E-state index in [-0.39, 0.29) is 6.42 Å². The van der Waals surface area contributed by atoms with Gasteiger partial charge in [0.05, 0.1) is 0 Å². The Morgan fingerprint density at radius 1 is 1.29 bits per heavy atom. The molecule has 0 saturated heterocycles. The van der Waals surface area contributed by atoms with Crippen molar-refractivity contribution in [1.29, 1.82) is 0 Å². The van der Waals surface area contributed by atoms with E-state index in [2.05, 4.69) is 6.58 Å². The van der Waals surface area contributed by atoms with E-state index < -0.39 is 17.0 Å². The van der Waals surface area contributed by atoms with Gasteiger partial charge < -0.3 is 9.53 Å². The van der Waals surface area contributed by atoms with Crippen molar-refractivity contribution >= 4 is 12.3 Å². The Morgan fingerprint density at radius 3 is 2.12 bits per heavy atom. The molecule has 0 aliphatic rings. The highest BCUT2D eigenvalue weighted by Crippen LogP contribution is 2.26. The summed E-state index contributed by atoms with van der Waals surface area (Å²) in [4.78, 5) is 23.2. The van der Waals surface area contributed by atoms with Crippen molar-refractivity contribution in [2.24, 2.45) is 5.41 Å². The molecule has 1 atom stereocenters. The second-order valence-corrected chi connectivity index (χ2v) is 5.35. The van der Waals surface area contributed by atoms with Crippen molar-refractivity contribution in [2.45, 2.75) is 46.6 Å². The Hall–Kier alpha value is -1.38. The van der Waals surface area contributed by atoms with Crippen LogP contribution in [0.4, 0.5) is 0 Å². The highest BCUT2D eigenvalue weighted by molar-refractivity contribution is 5.96. The van der Waals surface area contributed by atoms with Crippen molar-refractivity contribution in [3.8, 4) is 0 Å². The van der Waals surface area contributed by atoms with E-state index in [1.54, 1.807) is 20.8 Å². The SMILES string of the molecule is C=CC(C=O)(CC=C(C)C)C(=O)OC(C)(C)C. The maximum Gasteiger partial charge on any atom is 0.324 e. The third kappa shape index (κ3) is 4.98. The molecule has 0 spiro atoms. The summed E-state index contributed by atoms with van der Waals surface area (Å²) >= 11 is 0. The highest BCUT2D eigenvalue weighted by Gasteiger charge is 2.38. The number of allylic oxidation sites excluding steroid dienone is 2. The Labute approximate surface area is 104 Å². The van der Waals surface area contributed by atoms with Crippen LogP contribution in [0.5, 0.6) is 0 Å². The van der Waals surface area contributed by atoms with Crippen LogP contribution in [-0.2, 0) is 14.3 Å². The minimum Gasteiger partial charge on any atom is -0.459 e. The largest absolute Gasteiger partial charge is 0.459 e. The zero-order valence-corrected chi connectivity index (χ0v) is 11.4. The molecule has 0 aromatic rings. The smallest absolute Gasteiger partial charge is 0.324 e. The summed E-state index contributed by atoms with van der Waals surface area (Å²) < 4.78 is 5.25. The van der Waals surface area contributed by atoms with E-state index in [1.165, 1.54) is 6.08 Å². The molecule has 0 amide bonds. The fourth-order valence-electron chi connectivity index (χ4n) is 1.14. The number of hydrogen-bond donors (Lipinski definition) is 0. The Bertz CT molecular complexity index is 320. The summed E-state index contributed by atoms with van der Waals surface area (Å²) in [5, 5.41) is 0. The van der Waals surface area contributed by atoms with Crippen molar-refractivity contribution in [3.63, 3.8) is 0 Å². The van der Waals surface area contributed by atoms with Gasteiger partial charge in [0, 0.05) is 0 Å². The van der Waals surface area contributed by atoms with Crippen LogP contribution in [0.15, 0.2) is 24.3 Å². The standard InChI is InChI=1S/C14H22O3/c1-7-14(10-15,9-8-11(2)3)12(16)17-13(4,5)6/h7-8,10H,1,9H2,2-6H3. The molecular formula is C14H22O3. The number of rotatable bonds is 5. The molecule has 96 valence electrons. The first-order chi connectivity index (χ1) is 7.67. The van der Waals surface area contributed by atoms with Crippen LogP contribution in [0.25, 0.3) is 0 Å². The number of carbonyl (C=O) groups excluding carboxylic acids is 2. The molecule has 0 rings (SSSR count). The summed E-state index contributed by atoms with van der Waals surface area (Å²) in [6, 6.07) is 0. The van der Waals surface area contributed by atoms with E-state index in [0.29, 0.717) is 6.29 Å². The van der Waals surface area contributed by atoms with Crippen molar-refractivity contribution in [1.82, 2.24) is 0 Å². The molecule has 0 aliphatic carbocycles. The third-order valence-electron chi connectivity index (χ3n) is 2.20. The maximum absolute atomic E-state index is 12.0. The Balaban J connectivity index is 5.07. The van der Waals surface area contributed by atoms with E-state index in [1.807, 2.05) is 19.9 Å². The second-order valence-electron chi connectivity index (χ2n) is 5.35. The van der Waals surface area contributed by atoms with Gasteiger partial charge in [-0.3, -0.25) is 4.79 Å². The molecule has 0 bridgehead atoms. The van der Waals surface area contributed by atoms with Crippen LogP contribution in [0.2, 0.25) is 0 Å². The molecule has 0 aliphatic heterocycles. The van der Waals surface area contributed by atoms with Crippen LogP contribution in [0.1, 0.15) is 41.0 Å². The fraction of sp³-hybridized carbons (Fsp3) is 0.571. The normalized spacial score (nSPS) is 14.4. The van der Waals surface area contributed by atoms with Crippen molar-refractivity contribution in [3.05, 3.63) is 24.3 Å². The Morgan fingerprint density at radius 2 is 1.82 bits per heavy atom. The van der Waals surface area contributed by atoms with Crippen molar-refractivity contribution < 1.29 is 14.3 Å². The quantitative estimate of drug-likeness (QED) is 0.320. The van der Waals surface area contributed by atoms with Crippen LogP contribution in [0, 0.1) is 5.41 Å². The molecule has 0 fully saturated rings. The van der Waals surface area contributed by atoms with Gasteiger partial charge in [-0.1, -0.05) is 17.7 Å². The third-order valence-corrected chi connectivity index (χ3v) is 2.20. The van der Waals surface area contributed by atoms with Crippen molar-refractivity contribution in [2.75, 3.05) is 0 Å². The van der Waals surface area contributed by atoms with E-state index in [9.17, 15) is 9.59 Å². The minimum atomic E-state index is -1.27. The molecule has 3 heteroatoms. The van der Waals surface area contributed by atoms with Crippen LogP contribution in [0.3, 0.4) is 0 Å². The monoisotopic (exact) mass is 238 g/mol. The minimum absolute atomic E-state index is 0.289. The lowest BCUT2D eigenvalue weighted by Gasteiger charge is -2.27. The van der Waals surface area contributed by atoms with Gasteiger partial charge in [-0.25, -0.2) is 0 Å². The van der Waals surface area contributed by atoms with Gasteiger partial charge in [-0.15, -0.1) is 6.58 Å². The first-order valence-corrected chi connectivity index (χ1v) is 5.63. The molecule has 0 saturated carbocycles. The van der Waals surface area contributed by atoms with Gasteiger partial charge in [0.1, 0.15) is 17.3 Å². The van der Waals surface area contributed by atoms with Gasteiger partial charge in [0.15, 0.2) is 0 Å². The van der Waals surface area contributed by atoms with Gasteiger partial charge in [0.25, 0.3) is 0 Å². The second kappa shape index (κ2) is 5.80. The predicted molar refractivity (Wildman–Crippen MR) is 68.6 cm³/mol. The number of esters is 1. The maximum atomic E-state index is 12.0. The summed E-state index contributed by atoms with van der Waals surface area (Å²) in [6.07, 6.45) is 4.08. The first kappa shape index (κ1) is 15.6. The number of aldehydes is 1. The summed E-state index contributed by atoms with van der Waals surface area (Å²) in [7, 11) is 0. The van der Waals surface area contributed by atoms with Gasteiger partial charge in [0.2, 0.25) is 0 Å². The molecule has 1 unspecified atom stereocenters. The molecule has 0 aromatic heterocycles. The molecule has 0 aromatic carbocycles. The Kier molecular flexibility index (Phi) is 5.33. The van der Waals surface area contributed by atoms with E-state index in [4.69, 9.17) is 4.74 Å². The van der Waals surface area contributed by atoms with Gasteiger partial charge in [-0.05, 0) is 41.0 Å². The molecular weight excluding hydrogens is 216 g/mol. The van der Waals surface area contributed by atoms with E-state index in [0.717, 1.165) is 5.57 Å². The zero-order chi connectivity index (χ0) is 13.7. The topological polar surface area (TPSA) is 43.4 Å². The lowest BCUT2D eigenvalue weighted by molar-refractivity contribution is -0.164. The average Bonchev–Trinajstić information content (AvgIpc) is 2.17. The number of ether oxygens (including phenoxy) is 1. The lowest BCUT2D eigenvalue weighted by atomic mass is 9.85. The molecule has 0 radical (unpaired) electrons. The summed E-state index contributed by atoms with van der Waals surface area (Å²) in [5.41, 5.74) is -0.842. The van der Waals surface area contributed by atoms with Crippen LogP contribution in [-0.4, -0.2) is 17.9 Å². The molecule has 0 N–H and O–H groups in total. The fourth-order valence-corrected chi connectivity index (χ4v) is 1.14. The zero-order valence-electron chi connectivity index (χ0n) is 11.4. The predicted octanol–water partition coefficient (Wildman–Crippen LogP) is 3.06. The average molecular weight is 238 g/mol. The van der Waals surface area contributed by atoms with Crippen LogP contribution >= 0.6 is 0 Å².